The minimum Gasteiger partial charge on any atom is -0.481 e. The molecule has 2 aliphatic rings. The summed E-state index contributed by atoms with van der Waals surface area (Å²) in [6, 6.07) is 0. The number of rotatable bonds is 5. The highest BCUT2D eigenvalue weighted by molar-refractivity contribution is 5.67. The second-order valence-corrected chi connectivity index (χ2v) is 5.15. The average molecular weight is 267 g/mol. The van der Waals surface area contributed by atoms with Crippen molar-refractivity contribution in [1.29, 1.82) is 0 Å². The summed E-state index contributed by atoms with van der Waals surface area (Å²) in [6.45, 7) is 2.50. The standard InChI is InChI=1S/C12H17N3O4/c16-11(17)5-9-6-15(3-4-18-9)7-10-13-12(19-14-10)8-1-2-8/h8-9H,1-7H2,(H,16,17). The Morgan fingerprint density at radius 1 is 1.47 bits per heavy atom. The van der Waals surface area contributed by atoms with Crippen molar-refractivity contribution in [2.75, 3.05) is 19.7 Å². The number of carboxylic acid groups (broad SMARTS) is 1. The maximum Gasteiger partial charge on any atom is 0.306 e. The molecule has 1 unspecified atom stereocenters. The fraction of sp³-hybridized carbons (Fsp3) is 0.750. The molecule has 1 saturated carbocycles. The maximum atomic E-state index is 10.7. The summed E-state index contributed by atoms with van der Waals surface area (Å²) in [5.41, 5.74) is 0. The lowest BCUT2D eigenvalue weighted by atomic mass is 10.2. The highest BCUT2D eigenvalue weighted by atomic mass is 16.5. The molecule has 1 aromatic rings. The summed E-state index contributed by atoms with van der Waals surface area (Å²) in [5.74, 6) is 1.05. The van der Waals surface area contributed by atoms with Crippen LogP contribution in [-0.4, -0.2) is 51.9 Å². The molecule has 7 nitrogen and oxygen atoms in total. The van der Waals surface area contributed by atoms with Gasteiger partial charge in [0.05, 0.1) is 25.7 Å². The molecular weight excluding hydrogens is 250 g/mol. The van der Waals surface area contributed by atoms with E-state index in [0.717, 1.165) is 25.3 Å². The lowest BCUT2D eigenvalue weighted by Gasteiger charge is -2.31. The van der Waals surface area contributed by atoms with Crippen LogP contribution >= 0.6 is 0 Å². The Hall–Kier alpha value is -1.47. The van der Waals surface area contributed by atoms with Gasteiger partial charge in [-0.25, -0.2) is 0 Å². The Balaban J connectivity index is 1.54. The van der Waals surface area contributed by atoms with Crippen molar-refractivity contribution in [1.82, 2.24) is 15.0 Å². The lowest BCUT2D eigenvalue weighted by molar-refractivity contribution is -0.142. The molecule has 1 aliphatic carbocycles. The Bertz CT molecular complexity index is 458. The van der Waals surface area contributed by atoms with E-state index in [1.807, 2.05) is 0 Å². The normalized spacial score (nSPS) is 24.5. The first-order valence-electron chi connectivity index (χ1n) is 6.59. The van der Waals surface area contributed by atoms with Gasteiger partial charge in [0.1, 0.15) is 0 Å². The first-order chi connectivity index (χ1) is 9.20. The van der Waals surface area contributed by atoms with Crippen LogP contribution in [0.2, 0.25) is 0 Å². The molecule has 2 heterocycles. The Kier molecular flexibility index (Phi) is 3.48. The molecule has 1 aromatic heterocycles. The van der Waals surface area contributed by atoms with Gasteiger partial charge in [0, 0.05) is 19.0 Å². The molecule has 1 N–H and O–H groups in total. The van der Waals surface area contributed by atoms with Crippen molar-refractivity contribution < 1.29 is 19.2 Å². The molecule has 1 aliphatic heterocycles. The van der Waals surface area contributed by atoms with Gasteiger partial charge in [-0.1, -0.05) is 5.16 Å². The van der Waals surface area contributed by atoms with Gasteiger partial charge in [0.25, 0.3) is 0 Å². The maximum absolute atomic E-state index is 10.7. The summed E-state index contributed by atoms with van der Waals surface area (Å²) in [5, 5.41) is 12.7. The molecule has 0 aromatic carbocycles. The molecule has 1 atom stereocenters. The van der Waals surface area contributed by atoms with Crippen LogP contribution in [0.1, 0.15) is 36.9 Å². The average Bonchev–Trinajstić information content (AvgIpc) is 3.10. The minimum atomic E-state index is -0.831. The second-order valence-electron chi connectivity index (χ2n) is 5.15. The first kappa shape index (κ1) is 12.6. The summed E-state index contributed by atoms with van der Waals surface area (Å²) in [6.07, 6.45) is 2.07. The van der Waals surface area contributed by atoms with Crippen LogP contribution in [0.25, 0.3) is 0 Å². The summed E-state index contributed by atoms with van der Waals surface area (Å²) in [7, 11) is 0. The van der Waals surface area contributed by atoms with E-state index in [0.29, 0.717) is 31.4 Å². The predicted octanol–water partition coefficient (Wildman–Crippen LogP) is 0.622. The molecule has 104 valence electrons. The van der Waals surface area contributed by atoms with Crippen LogP contribution in [0, 0.1) is 0 Å². The van der Waals surface area contributed by atoms with Crippen molar-refractivity contribution in [3.63, 3.8) is 0 Å². The van der Waals surface area contributed by atoms with Gasteiger partial charge >= 0.3 is 5.97 Å². The van der Waals surface area contributed by atoms with E-state index >= 15 is 0 Å². The lowest BCUT2D eigenvalue weighted by Crippen LogP contribution is -2.42. The van der Waals surface area contributed by atoms with Crippen molar-refractivity contribution in [3.05, 3.63) is 11.7 Å². The van der Waals surface area contributed by atoms with E-state index in [1.165, 1.54) is 0 Å². The third-order valence-electron chi connectivity index (χ3n) is 3.40. The zero-order valence-electron chi connectivity index (χ0n) is 10.6. The highest BCUT2D eigenvalue weighted by Crippen LogP contribution is 2.38. The topological polar surface area (TPSA) is 88.7 Å². The van der Waals surface area contributed by atoms with E-state index in [9.17, 15) is 4.79 Å². The van der Waals surface area contributed by atoms with Crippen molar-refractivity contribution >= 4 is 5.97 Å². The summed E-state index contributed by atoms with van der Waals surface area (Å²) in [4.78, 5) is 17.2. The number of hydrogen-bond acceptors (Lipinski definition) is 6. The van der Waals surface area contributed by atoms with Crippen LogP contribution in [-0.2, 0) is 16.1 Å². The number of carboxylic acids is 1. The van der Waals surface area contributed by atoms with Gasteiger partial charge in [-0.2, -0.15) is 4.98 Å². The molecule has 19 heavy (non-hydrogen) atoms. The number of ether oxygens (including phenoxy) is 1. The fourth-order valence-corrected chi connectivity index (χ4v) is 2.27. The SMILES string of the molecule is O=C(O)CC1CN(Cc2noc(C3CC3)n2)CCO1. The summed E-state index contributed by atoms with van der Waals surface area (Å²) < 4.78 is 10.6. The van der Waals surface area contributed by atoms with Gasteiger partial charge in [0.2, 0.25) is 5.89 Å². The Morgan fingerprint density at radius 3 is 3.05 bits per heavy atom. The van der Waals surface area contributed by atoms with Crippen LogP contribution < -0.4 is 0 Å². The van der Waals surface area contributed by atoms with Crippen LogP contribution in [0.15, 0.2) is 4.52 Å². The first-order valence-corrected chi connectivity index (χ1v) is 6.59. The zero-order chi connectivity index (χ0) is 13.2. The fourth-order valence-electron chi connectivity index (χ4n) is 2.27. The molecule has 2 fully saturated rings. The molecule has 1 saturated heterocycles. The third-order valence-corrected chi connectivity index (χ3v) is 3.40. The number of morpholine rings is 1. The molecule has 3 rings (SSSR count). The van der Waals surface area contributed by atoms with E-state index in [1.54, 1.807) is 0 Å². The van der Waals surface area contributed by atoms with Crippen molar-refractivity contribution in [2.24, 2.45) is 0 Å². The second kappa shape index (κ2) is 5.26. The van der Waals surface area contributed by atoms with Crippen molar-refractivity contribution in [2.45, 2.75) is 37.8 Å². The number of aromatic nitrogens is 2. The van der Waals surface area contributed by atoms with E-state index < -0.39 is 5.97 Å². The molecule has 0 radical (unpaired) electrons. The monoisotopic (exact) mass is 267 g/mol. The van der Waals surface area contributed by atoms with Gasteiger partial charge in [0.15, 0.2) is 5.82 Å². The highest BCUT2D eigenvalue weighted by Gasteiger charge is 2.30. The number of aliphatic carboxylic acids is 1. The smallest absolute Gasteiger partial charge is 0.306 e. The van der Waals surface area contributed by atoms with E-state index in [-0.39, 0.29) is 12.5 Å². The van der Waals surface area contributed by atoms with Gasteiger partial charge in [-0.05, 0) is 12.8 Å². The van der Waals surface area contributed by atoms with Crippen molar-refractivity contribution in [3.8, 4) is 0 Å². The number of hydrogen-bond donors (Lipinski definition) is 1. The van der Waals surface area contributed by atoms with E-state index in [4.69, 9.17) is 14.4 Å². The molecule has 7 heteroatoms. The molecule has 0 bridgehead atoms. The number of nitrogens with zero attached hydrogens (tertiary/aromatic N) is 3. The quantitative estimate of drug-likeness (QED) is 0.836. The van der Waals surface area contributed by atoms with Gasteiger partial charge in [-0.3, -0.25) is 9.69 Å². The van der Waals surface area contributed by atoms with E-state index in [2.05, 4.69) is 15.0 Å². The zero-order valence-corrected chi connectivity index (χ0v) is 10.6. The Morgan fingerprint density at radius 2 is 2.32 bits per heavy atom. The largest absolute Gasteiger partial charge is 0.481 e. The molecule has 0 spiro atoms. The third kappa shape index (κ3) is 3.30. The predicted molar refractivity (Wildman–Crippen MR) is 63.5 cm³/mol. The molecule has 0 amide bonds. The van der Waals surface area contributed by atoms with Crippen LogP contribution in [0.5, 0.6) is 0 Å². The van der Waals surface area contributed by atoms with Crippen LogP contribution in [0.4, 0.5) is 0 Å². The molecular formula is C12H17N3O4. The number of carbonyl (C=O) groups is 1. The van der Waals surface area contributed by atoms with Gasteiger partial charge < -0.3 is 14.4 Å². The minimum absolute atomic E-state index is 0.0378. The van der Waals surface area contributed by atoms with Crippen LogP contribution in [0.3, 0.4) is 0 Å². The Labute approximate surface area is 110 Å². The summed E-state index contributed by atoms with van der Waals surface area (Å²) >= 11 is 0. The van der Waals surface area contributed by atoms with Gasteiger partial charge in [-0.15, -0.1) is 0 Å².